The number of rotatable bonds is 6. The molecule has 0 unspecified atom stereocenters. The highest BCUT2D eigenvalue weighted by atomic mass is 35.5. The number of hydrogen-bond acceptors (Lipinski definition) is 5. The molecule has 7 heteroatoms. The summed E-state index contributed by atoms with van der Waals surface area (Å²) >= 11 is 5.83. The molecule has 0 radical (unpaired) electrons. The van der Waals surface area contributed by atoms with Crippen LogP contribution in [0.4, 0.5) is 5.69 Å². The Balaban J connectivity index is 2.02. The van der Waals surface area contributed by atoms with Gasteiger partial charge in [0.25, 0.3) is 5.56 Å². The van der Waals surface area contributed by atoms with Crippen molar-refractivity contribution in [1.82, 2.24) is 10.2 Å². The summed E-state index contributed by atoms with van der Waals surface area (Å²) in [5.41, 5.74) is 3.42. The number of aromatic nitrogens is 2. The molecule has 0 bridgehead atoms. The molecule has 0 aliphatic carbocycles. The van der Waals surface area contributed by atoms with Crippen molar-refractivity contribution in [2.75, 3.05) is 12.0 Å². The average molecular weight is 321 g/mol. The molecular formula is C15H17ClN4O2. The van der Waals surface area contributed by atoms with Gasteiger partial charge in [-0.25, -0.2) is 5.10 Å². The maximum Gasteiger partial charge on any atom is 0.285 e. The van der Waals surface area contributed by atoms with Crippen LogP contribution in [0.25, 0.3) is 0 Å². The third-order valence-electron chi connectivity index (χ3n) is 2.64. The standard InChI is InChI=1S/C15H17ClN4O2/c1-10(2)9-22-12-5-3-4-11(6-12)7-17-19-13-8-18-20-15(21)14(13)16/h3-8,10H,9H2,1-2H3,(H2,19,20,21)/b17-7-. The Morgan fingerprint density at radius 1 is 1.50 bits per heavy atom. The van der Waals surface area contributed by atoms with Crippen molar-refractivity contribution in [2.24, 2.45) is 11.0 Å². The normalized spacial score (nSPS) is 11.1. The number of aromatic amines is 1. The molecule has 0 aliphatic rings. The van der Waals surface area contributed by atoms with Crippen LogP contribution in [0.5, 0.6) is 5.75 Å². The van der Waals surface area contributed by atoms with E-state index in [1.807, 2.05) is 24.3 Å². The summed E-state index contributed by atoms with van der Waals surface area (Å²) < 4.78 is 5.65. The molecule has 0 spiro atoms. The number of hydrogen-bond donors (Lipinski definition) is 2. The van der Waals surface area contributed by atoms with Gasteiger partial charge in [-0.05, 0) is 23.6 Å². The Hall–Kier alpha value is -2.34. The van der Waals surface area contributed by atoms with Crippen LogP contribution in [0.2, 0.25) is 5.02 Å². The topological polar surface area (TPSA) is 79.4 Å². The predicted octanol–water partition coefficient (Wildman–Crippen LogP) is 2.90. The number of benzene rings is 1. The van der Waals surface area contributed by atoms with Crippen molar-refractivity contribution in [3.05, 3.63) is 51.4 Å². The summed E-state index contributed by atoms with van der Waals surface area (Å²) in [6.07, 6.45) is 3.00. The average Bonchev–Trinajstić information content (AvgIpc) is 2.50. The highest BCUT2D eigenvalue weighted by Gasteiger charge is 2.03. The molecule has 0 saturated carbocycles. The largest absolute Gasteiger partial charge is 0.493 e. The quantitative estimate of drug-likeness (QED) is 0.633. The van der Waals surface area contributed by atoms with Crippen molar-refractivity contribution in [1.29, 1.82) is 0 Å². The van der Waals surface area contributed by atoms with E-state index < -0.39 is 5.56 Å². The fourth-order valence-electron chi connectivity index (χ4n) is 1.59. The SMILES string of the molecule is CC(C)COc1cccc(/C=N\Nc2cn[nH]c(=O)c2Cl)c1. The molecule has 22 heavy (non-hydrogen) atoms. The van der Waals surface area contributed by atoms with Crippen molar-refractivity contribution < 1.29 is 4.74 Å². The zero-order chi connectivity index (χ0) is 15.9. The molecule has 1 aromatic heterocycles. The van der Waals surface area contributed by atoms with Crippen molar-refractivity contribution in [2.45, 2.75) is 13.8 Å². The van der Waals surface area contributed by atoms with E-state index in [4.69, 9.17) is 16.3 Å². The van der Waals surface area contributed by atoms with Crippen LogP contribution in [0.15, 0.2) is 40.4 Å². The summed E-state index contributed by atoms with van der Waals surface area (Å²) in [7, 11) is 0. The lowest BCUT2D eigenvalue weighted by atomic mass is 10.2. The van der Waals surface area contributed by atoms with Crippen LogP contribution in [0.3, 0.4) is 0 Å². The van der Waals surface area contributed by atoms with Gasteiger partial charge in [-0.15, -0.1) is 0 Å². The second-order valence-corrected chi connectivity index (χ2v) is 5.45. The minimum atomic E-state index is -0.467. The molecule has 2 aromatic rings. The predicted molar refractivity (Wildman–Crippen MR) is 87.9 cm³/mol. The number of nitrogens with zero attached hydrogens (tertiary/aromatic N) is 2. The van der Waals surface area contributed by atoms with Crippen LogP contribution in [-0.4, -0.2) is 23.0 Å². The highest BCUT2D eigenvalue weighted by molar-refractivity contribution is 6.32. The summed E-state index contributed by atoms with van der Waals surface area (Å²) in [5.74, 6) is 1.25. The van der Waals surface area contributed by atoms with Crippen molar-refractivity contribution >= 4 is 23.5 Å². The van der Waals surface area contributed by atoms with E-state index in [1.54, 1.807) is 6.21 Å². The first-order chi connectivity index (χ1) is 10.6. The fraction of sp³-hybridized carbons (Fsp3) is 0.267. The van der Waals surface area contributed by atoms with Crippen LogP contribution >= 0.6 is 11.6 Å². The van der Waals surface area contributed by atoms with Gasteiger partial charge in [-0.3, -0.25) is 10.2 Å². The molecule has 1 aromatic carbocycles. The number of ether oxygens (including phenoxy) is 1. The van der Waals surface area contributed by atoms with Gasteiger partial charge in [0.1, 0.15) is 16.5 Å². The van der Waals surface area contributed by atoms with Crippen molar-refractivity contribution in [3.8, 4) is 5.75 Å². The second-order valence-electron chi connectivity index (χ2n) is 5.07. The first kappa shape index (κ1) is 16.0. The number of H-pyrrole nitrogens is 1. The zero-order valence-corrected chi connectivity index (χ0v) is 13.1. The minimum Gasteiger partial charge on any atom is -0.493 e. The molecule has 0 fully saturated rings. The smallest absolute Gasteiger partial charge is 0.285 e. The van der Waals surface area contributed by atoms with E-state index >= 15 is 0 Å². The monoisotopic (exact) mass is 320 g/mol. The first-order valence-electron chi connectivity index (χ1n) is 6.81. The van der Waals surface area contributed by atoms with Gasteiger partial charge in [0.05, 0.1) is 19.0 Å². The van der Waals surface area contributed by atoms with Crippen LogP contribution < -0.4 is 15.7 Å². The number of nitrogens with one attached hydrogen (secondary N) is 2. The molecule has 6 nitrogen and oxygen atoms in total. The Morgan fingerprint density at radius 2 is 2.32 bits per heavy atom. The molecule has 0 aliphatic heterocycles. The van der Waals surface area contributed by atoms with E-state index in [0.717, 1.165) is 11.3 Å². The van der Waals surface area contributed by atoms with Gasteiger partial charge in [-0.1, -0.05) is 37.6 Å². The molecule has 2 N–H and O–H groups in total. The Labute approximate surface area is 133 Å². The van der Waals surface area contributed by atoms with Crippen LogP contribution in [-0.2, 0) is 0 Å². The van der Waals surface area contributed by atoms with Gasteiger partial charge >= 0.3 is 0 Å². The van der Waals surface area contributed by atoms with E-state index in [2.05, 4.69) is 34.6 Å². The van der Waals surface area contributed by atoms with Gasteiger partial charge in [0, 0.05) is 0 Å². The van der Waals surface area contributed by atoms with Crippen LogP contribution in [0, 0.1) is 5.92 Å². The Kier molecular flexibility index (Phi) is 5.55. The van der Waals surface area contributed by atoms with Gasteiger partial charge in [0.15, 0.2) is 0 Å². The lowest BCUT2D eigenvalue weighted by Crippen LogP contribution is -2.10. The zero-order valence-electron chi connectivity index (χ0n) is 12.3. The molecular weight excluding hydrogens is 304 g/mol. The Morgan fingerprint density at radius 3 is 3.09 bits per heavy atom. The summed E-state index contributed by atoms with van der Waals surface area (Å²) in [6, 6.07) is 7.56. The second kappa shape index (κ2) is 7.61. The maximum atomic E-state index is 11.3. The molecule has 1 heterocycles. The third kappa shape index (κ3) is 4.60. The van der Waals surface area contributed by atoms with Gasteiger partial charge in [-0.2, -0.15) is 10.2 Å². The lowest BCUT2D eigenvalue weighted by Gasteiger charge is -2.08. The third-order valence-corrected chi connectivity index (χ3v) is 3.01. The molecule has 0 atom stereocenters. The van der Waals surface area contributed by atoms with Crippen LogP contribution in [0.1, 0.15) is 19.4 Å². The number of hydrazone groups is 1. The van der Waals surface area contributed by atoms with E-state index in [0.29, 0.717) is 18.2 Å². The van der Waals surface area contributed by atoms with E-state index in [-0.39, 0.29) is 5.02 Å². The number of halogens is 1. The van der Waals surface area contributed by atoms with E-state index in [9.17, 15) is 4.79 Å². The number of anilines is 1. The molecule has 0 amide bonds. The highest BCUT2D eigenvalue weighted by Crippen LogP contribution is 2.15. The molecule has 2 rings (SSSR count). The molecule has 116 valence electrons. The van der Waals surface area contributed by atoms with Gasteiger partial charge < -0.3 is 4.74 Å². The van der Waals surface area contributed by atoms with E-state index in [1.165, 1.54) is 6.20 Å². The minimum absolute atomic E-state index is 0.0150. The van der Waals surface area contributed by atoms with Crippen molar-refractivity contribution in [3.63, 3.8) is 0 Å². The molecule has 0 saturated heterocycles. The Bertz CT molecular complexity index is 713. The maximum absolute atomic E-state index is 11.3. The first-order valence-corrected chi connectivity index (χ1v) is 7.19. The summed E-state index contributed by atoms with van der Waals surface area (Å²) in [4.78, 5) is 11.3. The summed E-state index contributed by atoms with van der Waals surface area (Å²) in [6.45, 7) is 4.84. The fourth-order valence-corrected chi connectivity index (χ4v) is 1.72. The van der Waals surface area contributed by atoms with Gasteiger partial charge in [0.2, 0.25) is 0 Å². The summed E-state index contributed by atoms with van der Waals surface area (Å²) in [5, 5.41) is 9.94. The lowest BCUT2D eigenvalue weighted by molar-refractivity contribution is 0.271.